The monoisotopic (exact) mass is 321 g/mol. The molecule has 0 saturated heterocycles. The minimum absolute atomic E-state index is 0.235. The first kappa shape index (κ1) is 16.5. The molecule has 106 valence electrons. The molecule has 1 rings (SSSR count). The van der Waals surface area contributed by atoms with E-state index in [0.717, 1.165) is 0 Å². The Kier molecular flexibility index (Phi) is 5.83. The van der Waals surface area contributed by atoms with Gasteiger partial charge in [0, 0.05) is 27.8 Å². The molecule has 1 amide bonds. The first-order valence-corrected chi connectivity index (χ1v) is 7.91. The summed E-state index contributed by atoms with van der Waals surface area (Å²) < 4.78 is 11.5. The molecule has 1 aromatic rings. The molecule has 0 saturated carbocycles. The predicted molar refractivity (Wildman–Crippen MR) is 81.6 cm³/mol. The van der Waals surface area contributed by atoms with E-state index in [2.05, 4.69) is 5.32 Å². The number of benzene rings is 1. The molecule has 1 atom stereocenters. The maximum atomic E-state index is 11.9. The molecule has 19 heavy (non-hydrogen) atoms. The Balaban J connectivity index is 2.58. The fourth-order valence-corrected chi connectivity index (χ4v) is 2.62. The number of carbonyl (C=O) groups is 1. The highest BCUT2D eigenvalue weighted by Crippen LogP contribution is 2.25. The van der Waals surface area contributed by atoms with Crippen LogP contribution in [0.1, 0.15) is 31.1 Å². The third-order valence-corrected chi connectivity index (χ3v) is 5.21. The molecule has 3 nitrogen and oxygen atoms in total. The predicted octanol–water partition coefficient (Wildman–Crippen LogP) is 3.27. The van der Waals surface area contributed by atoms with Crippen molar-refractivity contribution < 1.29 is 9.00 Å². The van der Waals surface area contributed by atoms with Gasteiger partial charge in [-0.05, 0) is 32.9 Å². The second-order valence-corrected chi connectivity index (χ2v) is 8.13. The Morgan fingerprint density at radius 1 is 1.32 bits per heavy atom. The number of halogens is 2. The molecule has 0 heterocycles. The maximum absolute atomic E-state index is 11.9. The summed E-state index contributed by atoms with van der Waals surface area (Å²) in [5.74, 6) is 0.103. The zero-order valence-electron chi connectivity index (χ0n) is 11.1. The van der Waals surface area contributed by atoms with Crippen molar-refractivity contribution in [2.45, 2.75) is 25.5 Å². The van der Waals surface area contributed by atoms with E-state index in [1.54, 1.807) is 18.2 Å². The van der Waals surface area contributed by atoms with Gasteiger partial charge in [-0.1, -0.05) is 29.3 Å². The first-order valence-electron chi connectivity index (χ1n) is 5.84. The Labute approximate surface area is 126 Å². The zero-order valence-corrected chi connectivity index (χ0v) is 13.5. The highest BCUT2D eigenvalue weighted by atomic mass is 35.5. The van der Waals surface area contributed by atoms with Gasteiger partial charge < -0.3 is 5.32 Å². The third-order valence-electron chi connectivity index (χ3n) is 2.45. The van der Waals surface area contributed by atoms with Crippen LogP contribution in [0.15, 0.2) is 18.2 Å². The topological polar surface area (TPSA) is 46.2 Å². The third kappa shape index (κ3) is 4.79. The molecule has 0 aliphatic rings. The Hall–Kier alpha value is -0.580. The van der Waals surface area contributed by atoms with Crippen LogP contribution in [-0.4, -0.2) is 27.2 Å². The van der Waals surface area contributed by atoms with Gasteiger partial charge in [0.1, 0.15) is 0 Å². The van der Waals surface area contributed by atoms with Crippen molar-refractivity contribution in [1.82, 2.24) is 5.32 Å². The summed E-state index contributed by atoms with van der Waals surface area (Å²) in [4.78, 5) is 11.9. The minimum atomic E-state index is -0.994. The highest BCUT2D eigenvalue weighted by molar-refractivity contribution is 7.86. The van der Waals surface area contributed by atoms with Crippen LogP contribution in [0.2, 0.25) is 10.0 Å². The molecule has 1 unspecified atom stereocenters. The highest BCUT2D eigenvalue weighted by Gasteiger charge is 2.19. The summed E-state index contributed by atoms with van der Waals surface area (Å²) in [7, 11) is -0.994. The lowest BCUT2D eigenvalue weighted by molar-refractivity contribution is 0.0956. The molecule has 0 aromatic heterocycles. The van der Waals surface area contributed by atoms with Gasteiger partial charge in [0.05, 0.1) is 15.6 Å². The van der Waals surface area contributed by atoms with Gasteiger partial charge in [0.15, 0.2) is 0 Å². The van der Waals surface area contributed by atoms with Crippen molar-refractivity contribution in [3.63, 3.8) is 0 Å². The second-order valence-electron chi connectivity index (χ2n) is 5.02. The van der Waals surface area contributed by atoms with Crippen molar-refractivity contribution in [2.75, 3.05) is 12.3 Å². The summed E-state index contributed by atoms with van der Waals surface area (Å²) in [5.41, 5.74) is 0.329. The van der Waals surface area contributed by atoms with Gasteiger partial charge >= 0.3 is 0 Å². The normalized spacial score (nSPS) is 13.1. The molecule has 0 fully saturated rings. The molecule has 0 bridgehead atoms. The Morgan fingerprint density at radius 2 is 1.95 bits per heavy atom. The van der Waals surface area contributed by atoms with E-state index in [4.69, 9.17) is 23.2 Å². The van der Waals surface area contributed by atoms with Crippen molar-refractivity contribution in [3.05, 3.63) is 33.8 Å². The lowest BCUT2D eigenvalue weighted by Crippen LogP contribution is -2.32. The van der Waals surface area contributed by atoms with E-state index in [0.29, 0.717) is 22.9 Å². The van der Waals surface area contributed by atoms with Crippen LogP contribution < -0.4 is 5.32 Å². The number of hydrogen-bond acceptors (Lipinski definition) is 2. The summed E-state index contributed by atoms with van der Waals surface area (Å²) in [6, 6.07) is 4.88. The lowest BCUT2D eigenvalue weighted by atomic mass is 10.2. The Bertz CT molecular complexity index is 498. The molecular weight excluding hydrogens is 305 g/mol. The SMILES string of the molecule is CC(C)(C)S(=O)CCNC(=O)c1cccc(Cl)c1Cl. The summed E-state index contributed by atoms with van der Waals surface area (Å²) in [6.45, 7) is 6.04. The van der Waals surface area contributed by atoms with Gasteiger partial charge in [0.2, 0.25) is 0 Å². The zero-order chi connectivity index (χ0) is 14.6. The molecule has 1 N–H and O–H groups in total. The maximum Gasteiger partial charge on any atom is 0.252 e. The quantitative estimate of drug-likeness (QED) is 0.925. The van der Waals surface area contributed by atoms with Gasteiger partial charge in [-0.2, -0.15) is 0 Å². The molecule has 0 aliphatic heterocycles. The van der Waals surface area contributed by atoms with Gasteiger partial charge in [-0.15, -0.1) is 0 Å². The number of hydrogen-bond donors (Lipinski definition) is 1. The van der Waals surface area contributed by atoms with Crippen LogP contribution in [0, 0.1) is 0 Å². The fourth-order valence-electron chi connectivity index (χ4n) is 1.34. The van der Waals surface area contributed by atoms with E-state index in [1.807, 2.05) is 20.8 Å². The van der Waals surface area contributed by atoms with Crippen molar-refractivity contribution in [1.29, 1.82) is 0 Å². The summed E-state index contributed by atoms with van der Waals surface area (Å²) >= 11 is 11.8. The van der Waals surface area contributed by atoms with Crippen LogP contribution in [0.5, 0.6) is 0 Å². The number of carbonyl (C=O) groups excluding carboxylic acids is 1. The minimum Gasteiger partial charge on any atom is -0.351 e. The fraction of sp³-hybridized carbons (Fsp3) is 0.462. The molecule has 0 radical (unpaired) electrons. The van der Waals surface area contributed by atoms with E-state index >= 15 is 0 Å². The Morgan fingerprint density at radius 3 is 2.53 bits per heavy atom. The van der Waals surface area contributed by atoms with E-state index in [-0.39, 0.29) is 15.7 Å². The molecule has 0 aliphatic carbocycles. The van der Waals surface area contributed by atoms with Gasteiger partial charge in [-0.3, -0.25) is 9.00 Å². The van der Waals surface area contributed by atoms with Crippen molar-refractivity contribution >= 4 is 39.9 Å². The van der Waals surface area contributed by atoms with Crippen molar-refractivity contribution in [3.8, 4) is 0 Å². The molecule has 0 spiro atoms. The van der Waals surface area contributed by atoms with Crippen molar-refractivity contribution in [2.24, 2.45) is 0 Å². The van der Waals surface area contributed by atoms with E-state index < -0.39 is 10.8 Å². The summed E-state index contributed by atoms with van der Waals surface area (Å²) in [6.07, 6.45) is 0. The largest absolute Gasteiger partial charge is 0.351 e. The number of amides is 1. The first-order chi connectivity index (χ1) is 8.73. The second kappa shape index (κ2) is 6.73. The van der Waals surface area contributed by atoms with Crippen LogP contribution in [0.3, 0.4) is 0 Å². The summed E-state index contributed by atoms with van der Waals surface area (Å²) in [5, 5.41) is 3.27. The number of rotatable bonds is 4. The average Bonchev–Trinajstić information content (AvgIpc) is 2.31. The smallest absolute Gasteiger partial charge is 0.252 e. The average molecular weight is 322 g/mol. The van der Waals surface area contributed by atoms with Crippen LogP contribution in [-0.2, 0) is 10.8 Å². The number of nitrogens with one attached hydrogen (secondary N) is 1. The van der Waals surface area contributed by atoms with Crippen LogP contribution >= 0.6 is 23.2 Å². The molecule has 6 heteroatoms. The molecular formula is C13H17Cl2NO2S. The standard InChI is InChI=1S/C13H17Cl2NO2S/c1-13(2,3)19(18)8-7-16-12(17)9-5-4-6-10(14)11(9)15/h4-6H,7-8H2,1-3H3,(H,16,17). The van der Waals surface area contributed by atoms with Crippen LogP contribution in [0.25, 0.3) is 0 Å². The van der Waals surface area contributed by atoms with E-state index in [1.165, 1.54) is 0 Å². The van der Waals surface area contributed by atoms with Crippen LogP contribution in [0.4, 0.5) is 0 Å². The van der Waals surface area contributed by atoms with Gasteiger partial charge in [0.25, 0.3) is 5.91 Å². The molecule has 1 aromatic carbocycles. The van der Waals surface area contributed by atoms with Gasteiger partial charge in [-0.25, -0.2) is 0 Å². The van der Waals surface area contributed by atoms with E-state index in [9.17, 15) is 9.00 Å². The lowest BCUT2D eigenvalue weighted by Gasteiger charge is -2.17.